The fraction of sp³-hybridized carbons (Fsp3) is 0.235. The number of hydrogen-bond acceptors (Lipinski definition) is 1. The molecule has 1 atom stereocenters. The lowest BCUT2D eigenvalue weighted by atomic mass is 10.0. The first kappa shape index (κ1) is 13.3. The Morgan fingerprint density at radius 2 is 1.68 bits per heavy atom. The van der Waals surface area contributed by atoms with Gasteiger partial charge in [0.25, 0.3) is 0 Å². The Morgan fingerprint density at radius 1 is 1.05 bits per heavy atom. The molecule has 1 unspecified atom stereocenters. The maximum Gasteiger partial charge on any atom is 0.231 e. The average Bonchev–Trinajstić information content (AvgIpc) is 2.48. The van der Waals surface area contributed by atoms with Crippen LogP contribution in [0.15, 0.2) is 54.6 Å². The van der Waals surface area contributed by atoms with Gasteiger partial charge in [-0.3, -0.25) is 4.79 Å². The van der Waals surface area contributed by atoms with Crippen molar-refractivity contribution in [2.45, 2.75) is 26.2 Å². The molecule has 0 aromatic heterocycles. The van der Waals surface area contributed by atoms with Crippen LogP contribution in [-0.2, 0) is 11.2 Å². The summed E-state index contributed by atoms with van der Waals surface area (Å²) in [6.45, 7) is 4.04. The maximum absolute atomic E-state index is 12.2. The highest BCUT2D eigenvalue weighted by Gasteiger charge is 2.14. The summed E-state index contributed by atoms with van der Waals surface area (Å²) in [5.74, 6) is -0.123. The molecule has 2 rings (SSSR count). The third kappa shape index (κ3) is 3.44. The monoisotopic (exact) mass is 253 g/mol. The van der Waals surface area contributed by atoms with Crippen molar-refractivity contribution in [1.29, 1.82) is 0 Å². The molecular weight excluding hydrogens is 234 g/mol. The van der Waals surface area contributed by atoms with Gasteiger partial charge in [0.1, 0.15) is 0 Å². The Bertz CT molecular complexity index is 531. The molecule has 0 heterocycles. The van der Waals surface area contributed by atoms with Gasteiger partial charge in [0.05, 0.1) is 5.92 Å². The predicted octanol–water partition coefficient (Wildman–Crippen LogP) is 3.99. The van der Waals surface area contributed by atoms with Crippen LogP contribution < -0.4 is 5.32 Å². The summed E-state index contributed by atoms with van der Waals surface area (Å²) in [5, 5.41) is 2.95. The highest BCUT2D eigenvalue weighted by atomic mass is 16.1. The van der Waals surface area contributed by atoms with Crippen molar-refractivity contribution in [2.75, 3.05) is 5.32 Å². The van der Waals surface area contributed by atoms with Gasteiger partial charge < -0.3 is 5.32 Å². The van der Waals surface area contributed by atoms with E-state index in [2.05, 4.69) is 12.2 Å². The Morgan fingerprint density at radius 3 is 2.26 bits per heavy atom. The third-order valence-electron chi connectivity index (χ3n) is 3.32. The van der Waals surface area contributed by atoms with Crippen LogP contribution in [0.3, 0.4) is 0 Å². The molecule has 0 bridgehead atoms. The van der Waals surface area contributed by atoms with Crippen molar-refractivity contribution in [3.05, 3.63) is 65.7 Å². The number of rotatable bonds is 4. The minimum atomic E-state index is -0.146. The molecular formula is C17H19NO. The molecule has 0 fully saturated rings. The highest BCUT2D eigenvalue weighted by Crippen LogP contribution is 2.18. The van der Waals surface area contributed by atoms with Gasteiger partial charge in [0, 0.05) is 5.69 Å². The second kappa shape index (κ2) is 6.19. The lowest BCUT2D eigenvalue weighted by Gasteiger charge is -2.12. The summed E-state index contributed by atoms with van der Waals surface area (Å²) in [5.41, 5.74) is 3.16. The molecule has 0 aliphatic carbocycles. The van der Waals surface area contributed by atoms with Crippen LogP contribution in [0, 0.1) is 0 Å². The fourth-order valence-electron chi connectivity index (χ4n) is 1.97. The van der Waals surface area contributed by atoms with Gasteiger partial charge in [-0.1, -0.05) is 49.4 Å². The van der Waals surface area contributed by atoms with E-state index in [1.165, 1.54) is 5.56 Å². The molecule has 0 radical (unpaired) electrons. The summed E-state index contributed by atoms with van der Waals surface area (Å²) in [6, 6.07) is 17.8. The van der Waals surface area contributed by atoms with Gasteiger partial charge in [0.15, 0.2) is 0 Å². The number of nitrogens with one attached hydrogen (secondary N) is 1. The number of anilines is 1. The van der Waals surface area contributed by atoms with E-state index >= 15 is 0 Å². The molecule has 2 aromatic carbocycles. The van der Waals surface area contributed by atoms with E-state index in [9.17, 15) is 4.79 Å². The molecule has 2 heteroatoms. The van der Waals surface area contributed by atoms with Gasteiger partial charge in [-0.2, -0.15) is 0 Å². The van der Waals surface area contributed by atoms with Crippen molar-refractivity contribution < 1.29 is 4.79 Å². The molecule has 0 saturated heterocycles. The Kier molecular flexibility index (Phi) is 4.35. The maximum atomic E-state index is 12.2. The molecule has 0 spiro atoms. The molecule has 0 aliphatic rings. The smallest absolute Gasteiger partial charge is 0.231 e. The van der Waals surface area contributed by atoms with E-state index in [-0.39, 0.29) is 11.8 Å². The van der Waals surface area contributed by atoms with Crippen molar-refractivity contribution >= 4 is 11.6 Å². The first-order valence-corrected chi connectivity index (χ1v) is 6.65. The first-order valence-electron chi connectivity index (χ1n) is 6.65. The molecule has 19 heavy (non-hydrogen) atoms. The fourth-order valence-corrected chi connectivity index (χ4v) is 1.97. The van der Waals surface area contributed by atoms with Crippen molar-refractivity contribution in [1.82, 2.24) is 0 Å². The number of carbonyl (C=O) groups excluding carboxylic acids is 1. The summed E-state index contributed by atoms with van der Waals surface area (Å²) in [4.78, 5) is 12.2. The van der Waals surface area contributed by atoms with E-state index < -0.39 is 0 Å². The summed E-state index contributed by atoms with van der Waals surface area (Å²) in [7, 11) is 0. The minimum absolute atomic E-state index is 0.0236. The molecule has 98 valence electrons. The van der Waals surface area contributed by atoms with Gasteiger partial charge in [-0.15, -0.1) is 0 Å². The average molecular weight is 253 g/mol. The van der Waals surface area contributed by atoms with Crippen molar-refractivity contribution in [2.24, 2.45) is 0 Å². The van der Waals surface area contributed by atoms with E-state index in [4.69, 9.17) is 0 Å². The minimum Gasteiger partial charge on any atom is -0.326 e. The molecule has 0 aliphatic heterocycles. The zero-order chi connectivity index (χ0) is 13.7. The van der Waals surface area contributed by atoms with Crippen LogP contribution in [0.25, 0.3) is 0 Å². The topological polar surface area (TPSA) is 29.1 Å². The first-order chi connectivity index (χ1) is 9.20. The normalized spacial score (nSPS) is 11.9. The van der Waals surface area contributed by atoms with E-state index in [0.717, 1.165) is 17.7 Å². The van der Waals surface area contributed by atoms with E-state index in [0.29, 0.717) is 0 Å². The zero-order valence-corrected chi connectivity index (χ0v) is 11.4. The molecule has 1 N–H and O–H groups in total. The SMILES string of the molecule is CCc1ccc(NC(=O)C(C)c2ccccc2)cc1. The van der Waals surface area contributed by atoms with Crippen LogP contribution in [0.1, 0.15) is 30.9 Å². The van der Waals surface area contributed by atoms with Gasteiger partial charge >= 0.3 is 0 Å². The Hall–Kier alpha value is -2.09. The van der Waals surface area contributed by atoms with E-state index in [1.807, 2.05) is 61.5 Å². The largest absolute Gasteiger partial charge is 0.326 e. The molecule has 1 amide bonds. The number of amides is 1. The van der Waals surface area contributed by atoms with Gasteiger partial charge in [-0.25, -0.2) is 0 Å². The van der Waals surface area contributed by atoms with Crippen LogP contribution in [-0.4, -0.2) is 5.91 Å². The van der Waals surface area contributed by atoms with Crippen molar-refractivity contribution in [3.63, 3.8) is 0 Å². The predicted molar refractivity (Wildman–Crippen MR) is 79.3 cm³/mol. The number of hydrogen-bond donors (Lipinski definition) is 1. The highest BCUT2D eigenvalue weighted by molar-refractivity contribution is 5.95. The summed E-state index contributed by atoms with van der Waals surface area (Å²) < 4.78 is 0. The van der Waals surface area contributed by atoms with Crippen LogP contribution in [0.5, 0.6) is 0 Å². The van der Waals surface area contributed by atoms with Gasteiger partial charge in [0.2, 0.25) is 5.91 Å². The van der Waals surface area contributed by atoms with Crippen LogP contribution in [0.4, 0.5) is 5.69 Å². The summed E-state index contributed by atoms with van der Waals surface area (Å²) >= 11 is 0. The quantitative estimate of drug-likeness (QED) is 0.877. The number of carbonyl (C=O) groups is 1. The second-order valence-electron chi connectivity index (χ2n) is 4.67. The lowest BCUT2D eigenvalue weighted by molar-refractivity contribution is -0.117. The second-order valence-corrected chi connectivity index (χ2v) is 4.67. The Balaban J connectivity index is 2.04. The van der Waals surface area contributed by atoms with Crippen LogP contribution in [0.2, 0.25) is 0 Å². The van der Waals surface area contributed by atoms with Crippen molar-refractivity contribution in [3.8, 4) is 0 Å². The molecule has 2 nitrogen and oxygen atoms in total. The van der Waals surface area contributed by atoms with Gasteiger partial charge in [-0.05, 0) is 36.6 Å². The lowest BCUT2D eigenvalue weighted by Crippen LogP contribution is -2.18. The zero-order valence-electron chi connectivity index (χ0n) is 11.4. The number of benzene rings is 2. The third-order valence-corrected chi connectivity index (χ3v) is 3.32. The van der Waals surface area contributed by atoms with Crippen LogP contribution >= 0.6 is 0 Å². The summed E-state index contributed by atoms with van der Waals surface area (Å²) in [6.07, 6.45) is 1.01. The standard InChI is InChI=1S/C17H19NO/c1-3-14-9-11-16(12-10-14)18-17(19)13(2)15-7-5-4-6-8-15/h4-13H,3H2,1-2H3,(H,18,19). The number of aryl methyl sites for hydroxylation is 1. The molecule has 0 saturated carbocycles. The van der Waals surface area contributed by atoms with E-state index in [1.54, 1.807) is 0 Å². The Labute approximate surface area is 114 Å². The molecule has 2 aromatic rings.